The van der Waals surface area contributed by atoms with Crippen LogP contribution in [0.4, 0.5) is 18.9 Å². The molecule has 0 aliphatic carbocycles. The molecule has 0 atom stereocenters. The highest BCUT2D eigenvalue weighted by atomic mass is 19.4. The van der Waals surface area contributed by atoms with Crippen LogP contribution in [0, 0.1) is 0 Å². The van der Waals surface area contributed by atoms with E-state index < -0.39 is 12.3 Å². The van der Waals surface area contributed by atoms with E-state index in [4.69, 9.17) is 10.8 Å². The van der Waals surface area contributed by atoms with Gasteiger partial charge in [-0.1, -0.05) is 24.3 Å². The van der Waals surface area contributed by atoms with Crippen LogP contribution in [0.25, 0.3) is 5.57 Å². The van der Waals surface area contributed by atoms with Crippen LogP contribution in [-0.4, -0.2) is 29.6 Å². The highest BCUT2D eigenvalue weighted by Crippen LogP contribution is 2.24. The fourth-order valence-corrected chi connectivity index (χ4v) is 2.14. The lowest BCUT2D eigenvalue weighted by molar-refractivity contribution is -0.274. The molecule has 0 bridgehead atoms. The van der Waals surface area contributed by atoms with Crippen LogP contribution in [0.3, 0.4) is 0 Å². The van der Waals surface area contributed by atoms with Crippen LogP contribution in [0.15, 0.2) is 64.6 Å². The first kappa shape index (κ1) is 20.7. The van der Waals surface area contributed by atoms with Gasteiger partial charge in [-0.2, -0.15) is 0 Å². The molecule has 146 valence electrons. The van der Waals surface area contributed by atoms with Crippen molar-refractivity contribution in [1.29, 1.82) is 0 Å². The number of aliphatic carboxylic acids is 1. The minimum absolute atomic E-state index is 0.173. The quantitative estimate of drug-likeness (QED) is 0.439. The molecule has 0 unspecified atom stereocenters. The van der Waals surface area contributed by atoms with Crippen molar-refractivity contribution in [3.05, 3.63) is 65.7 Å². The minimum Gasteiger partial charge on any atom is -0.478 e. The Bertz CT molecular complexity index is 916. The van der Waals surface area contributed by atoms with E-state index in [0.29, 0.717) is 16.8 Å². The summed E-state index contributed by atoms with van der Waals surface area (Å²) in [6, 6.07) is 11.8. The van der Waals surface area contributed by atoms with E-state index >= 15 is 0 Å². The summed E-state index contributed by atoms with van der Waals surface area (Å²) < 4.78 is 40.1. The first-order chi connectivity index (χ1) is 13.1. The lowest BCUT2D eigenvalue weighted by atomic mass is 10.0. The summed E-state index contributed by atoms with van der Waals surface area (Å²) in [7, 11) is 0. The molecular formula is C19H16F3N3O3. The summed E-state index contributed by atoms with van der Waals surface area (Å²) >= 11 is 0. The number of carbonyl (C=O) groups is 1. The summed E-state index contributed by atoms with van der Waals surface area (Å²) in [5.74, 6) is -1.20. The molecule has 2 aromatic carbocycles. The summed E-state index contributed by atoms with van der Waals surface area (Å²) in [6.07, 6.45) is -2.47. The number of nitrogens with zero attached hydrogens (tertiary/aromatic N) is 2. The standard InChI is InChI=1S/C19H16F3N3O3/c1-12(10-17(26)27)13-2-4-14(5-3-13)18(23)25-11-24-15-6-8-16(9-7-15)28-19(20,21)22/h2-11H,1H3,(H,26,27)(H2,23,24,25)/b12-10+. The average molecular weight is 391 g/mol. The number of rotatable bonds is 6. The SMILES string of the molecule is C/C(=C\C(=O)O)c1ccc(C(N)=NC=Nc2ccc(OC(F)(F)F)cc2)cc1. The lowest BCUT2D eigenvalue weighted by Crippen LogP contribution is -2.16. The van der Waals surface area contributed by atoms with Crippen LogP contribution in [-0.2, 0) is 4.79 Å². The zero-order chi connectivity index (χ0) is 20.7. The normalized spacial score (nSPS) is 13.0. The van der Waals surface area contributed by atoms with Crippen LogP contribution in [0.5, 0.6) is 5.75 Å². The van der Waals surface area contributed by atoms with E-state index in [1.807, 2.05) is 0 Å². The largest absolute Gasteiger partial charge is 0.573 e. The predicted octanol–water partition coefficient (Wildman–Crippen LogP) is 4.14. The zero-order valence-electron chi connectivity index (χ0n) is 14.6. The van der Waals surface area contributed by atoms with Crippen molar-refractivity contribution in [1.82, 2.24) is 0 Å². The maximum atomic E-state index is 12.1. The van der Waals surface area contributed by atoms with Crippen molar-refractivity contribution in [3.63, 3.8) is 0 Å². The van der Waals surface area contributed by atoms with Crippen molar-refractivity contribution in [2.75, 3.05) is 0 Å². The first-order valence-electron chi connectivity index (χ1n) is 7.88. The molecule has 28 heavy (non-hydrogen) atoms. The summed E-state index contributed by atoms with van der Waals surface area (Å²) in [5.41, 5.74) is 8.16. The second-order valence-electron chi connectivity index (χ2n) is 5.54. The fourth-order valence-electron chi connectivity index (χ4n) is 2.14. The van der Waals surface area contributed by atoms with Crippen molar-refractivity contribution >= 4 is 29.4 Å². The Morgan fingerprint density at radius 1 is 1.07 bits per heavy atom. The number of halogens is 3. The van der Waals surface area contributed by atoms with Gasteiger partial charge in [0, 0.05) is 11.6 Å². The molecule has 9 heteroatoms. The number of nitrogens with two attached hydrogens (primary N) is 1. The molecule has 0 aromatic heterocycles. The van der Waals surface area contributed by atoms with Gasteiger partial charge in [-0.05, 0) is 42.3 Å². The van der Waals surface area contributed by atoms with E-state index in [-0.39, 0.29) is 11.6 Å². The Labute approximate surface area is 158 Å². The number of hydrogen-bond donors (Lipinski definition) is 2. The van der Waals surface area contributed by atoms with Crippen molar-refractivity contribution < 1.29 is 27.8 Å². The Morgan fingerprint density at radius 2 is 1.64 bits per heavy atom. The number of carboxylic acids is 1. The second kappa shape index (κ2) is 8.85. The molecule has 3 N–H and O–H groups in total. The van der Waals surface area contributed by atoms with Gasteiger partial charge < -0.3 is 15.6 Å². The van der Waals surface area contributed by atoms with Crippen molar-refractivity contribution in [3.8, 4) is 5.75 Å². The zero-order valence-corrected chi connectivity index (χ0v) is 14.6. The van der Waals surface area contributed by atoms with Gasteiger partial charge in [0.25, 0.3) is 0 Å². The maximum Gasteiger partial charge on any atom is 0.573 e. The molecule has 0 spiro atoms. The molecule has 0 amide bonds. The van der Waals surface area contributed by atoms with Crippen molar-refractivity contribution in [2.45, 2.75) is 13.3 Å². The third-order valence-electron chi connectivity index (χ3n) is 3.45. The highest BCUT2D eigenvalue weighted by molar-refractivity contribution is 6.01. The number of benzene rings is 2. The van der Waals surface area contributed by atoms with Gasteiger partial charge in [0.2, 0.25) is 0 Å². The third-order valence-corrected chi connectivity index (χ3v) is 3.45. The van der Waals surface area contributed by atoms with E-state index in [2.05, 4.69) is 14.7 Å². The highest BCUT2D eigenvalue weighted by Gasteiger charge is 2.30. The van der Waals surface area contributed by atoms with Gasteiger partial charge in [-0.15, -0.1) is 13.2 Å². The van der Waals surface area contributed by atoms with Gasteiger partial charge in [0.15, 0.2) is 0 Å². The number of ether oxygens (including phenoxy) is 1. The lowest BCUT2D eigenvalue weighted by Gasteiger charge is -2.08. The molecular weight excluding hydrogens is 375 g/mol. The first-order valence-corrected chi connectivity index (χ1v) is 7.88. The van der Waals surface area contributed by atoms with E-state index in [9.17, 15) is 18.0 Å². The average Bonchev–Trinajstić information content (AvgIpc) is 2.61. The van der Waals surface area contributed by atoms with Crippen LogP contribution >= 0.6 is 0 Å². The number of amidine groups is 1. The fraction of sp³-hybridized carbons (Fsp3) is 0.105. The summed E-state index contributed by atoms with van der Waals surface area (Å²) in [5, 5.41) is 8.76. The summed E-state index contributed by atoms with van der Waals surface area (Å²) in [4.78, 5) is 18.6. The predicted molar refractivity (Wildman–Crippen MR) is 99.7 cm³/mol. The molecule has 0 heterocycles. The topological polar surface area (TPSA) is 97.3 Å². The Balaban J connectivity index is 2.04. The molecule has 0 saturated heterocycles. The van der Waals surface area contributed by atoms with Gasteiger partial charge in [-0.25, -0.2) is 14.8 Å². The third kappa shape index (κ3) is 6.60. The molecule has 2 rings (SSSR count). The number of allylic oxidation sites excluding steroid dienone is 1. The van der Waals surface area contributed by atoms with E-state index in [1.54, 1.807) is 31.2 Å². The van der Waals surface area contributed by atoms with Crippen LogP contribution in [0.1, 0.15) is 18.1 Å². The number of hydrogen-bond acceptors (Lipinski definition) is 3. The molecule has 2 aromatic rings. The minimum atomic E-state index is -4.75. The van der Waals surface area contributed by atoms with Gasteiger partial charge in [0.1, 0.15) is 17.9 Å². The molecule has 0 saturated carbocycles. The molecule has 6 nitrogen and oxygen atoms in total. The second-order valence-corrected chi connectivity index (χ2v) is 5.54. The molecule has 0 aliphatic heterocycles. The van der Waals surface area contributed by atoms with E-state index in [0.717, 1.165) is 23.8 Å². The smallest absolute Gasteiger partial charge is 0.478 e. The van der Waals surface area contributed by atoms with E-state index in [1.165, 1.54) is 18.5 Å². The monoisotopic (exact) mass is 391 g/mol. The maximum absolute atomic E-state index is 12.1. The number of alkyl halides is 3. The Hall–Kier alpha value is -3.62. The molecule has 0 aliphatic rings. The summed E-state index contributed by atoms with van der Waals surface area (Å²) in [6.45, 7) is 1.68. The molecule has 0 radical (unpaired) electrons. The van der Waals surface area contributed by atoms with Gasteiger partial charge in [-0.3, -0.25) is 0 Å². The van der Waals surface area contributed by atoms with Gasteiger partial charge >= 0.3 is 12.3 Å². The van der Waals surface area contributed by atoms with Crippen LogP contribution < -0.4 is 10.5 Å². The van der Waals surface area contributed by atoms with Crippen LogP contribution in [0.2, 0.25) is 0 Å². The Kier molecular flexibility index (Phi) is 6.54. The number of aliphatic imine (C=N–C) groups is 2. The van der Waals surface area contributed by atoms with Crippen molar-refractivity contribution in [2.24, 2.45) is 15.7 Å². The number of carboxylic acid groups (broad SMARTS) is 1. The molecule has 0 fully saturated rings. The Morgan fingerprint density at radius 3 is 2.18 bits per heavy atom. The van der Waals surface area contributed by atoms with Gasteiger partial charge in [0.05, 0.1) is 5.69 Å².